The van der Waals surface area contributed by atoms with Crippen molar-refractivity contribution < 1.29 is 4.42 Å². The van der Waals surface area contributed by atoms with Crippen LogP contribution in [0.4, 0.5) is 17.1 Å². The second kappa shape index (κ2) is 10.8. The molecule has 0 fully saturated rings. The van der Waals surface area contributed by atoms with Crippen LogP contribution >= 0.6 is 22.7 Å². The summed E-state index contributed by atoms with van der Waals surface area (Å²) in [6, 6.07) is 59.6. The molecule has 0 atom stereocenters. The second-order valence-corrected chi connectivity index (χ2v) is 15.1. The van der Waals surface area contributed by atoms with E-state index < -0.39 is 0 Å². The van der Waals surface area contributed by atoms with Crippen LogP contribution in [0, 0.1) is 0 Å². The summed E-state index contributed by atoms with van der Waals surface area (Å²) in [6.07, 6.45) is 0. The summed E-state index contributed by atoms with van der Waals surface area (Å²) in [5.41, 5.74) is 7.46. The number of rotatable bonds is 4. The molecule has 234 valence electrons. The van der Waals surface area contributed by atoms with E-state index in [2.05, 4.69) is 157 Å². The predicted molar refractivity (Wildman–Crippen MR) is 217 cm³/mol. The molecule has 2 nitrogen and oxygen atoms in total. The number of thiophene rings is 2. The van der Waals surface area contributed by atoms with Gasteiger partial charge in [-0.25, -0.2) is 0 Å². The minimum absolute atomic E-state index is 0.885. The average Bonchev–Trinajstić information content (AvgIpc) is 3.84. The van der Waals surface area contributed by atoms with Crippen molar-refractivity contribution in [2.24, 2.45) is 0 Å². The molecule has 3 heterocycles. The van der Waals surface area contributed by atoms with E-state index in [1.165, 1.54) is 62.2 Å². The minimum atomic E-state index is 0.885. The van der Waals surface area contributed by atoms with Crippen LogP contribution in [0.2, 0.25) is 0 Å². The van der Waals surface area contributed by atoms with Crippen LogP contribution in [-0.2, 0) is 0 Å². The van der Waals surface area contributed by atoms with Gasteiger partial charge in [0.15, 0.2) is 0 Å². The zero-order valence-corrected chi connectivity index (χ0v) is 28.4. The van der Waals surface area contributed by atoms with Gasteiger partial charge in [0, 0.05) is 74.2 Å². The number of anilines is 3. The number of para-hydroxylation sites is 1. The zero-order chi connectivity index (χ0) is 32.8. The molecular formula is C46H27NOS2. The molecule has 0 aliphatic rings. The van der Waals surface area contributed by atoms with Gasteiger partial charge in [-0.3, -0.25) is 0 Å². The first-order chi connectivity index (χ1) is 24.7. The van der Waals surface area contributed by atoms with Gasteiger partial charge in [0.2, 0.25) is 0 Å². The number of benzene rings is 8. The lowest BCUT2D eigenvalue weighted by atomic mass is 9.99. The molecule has 3 aromatic heterocycles. The molecule has 0 bridgehead atoms. The van der Waals surface area contributed by atoms with E-state index in [1.54, 1.807) is 0 Å². The Bertz CT molecular complexity index is 3110. The van der Waals surface area contributed by atoms with Crippen LogP contribution in [0.15, 0.2) is 168 Å². The monoisotopic (exact) mass is 673 g/mol. The van der Waals surface area contributed by atoms with Gasteiger partial charge in [-0.2, -0.15) is 0 Å². The van der Waals surface area contributed by atoms with Crippen LogP contribution in [0.25, 0.3) is 84.2 Å². The molecule has 0 aliphatic heterocycles. The van der Waals surface area contributed by atoms with Crippen molar-refractivity contribution in [3.05, 3.63) is 164 Å². The maximum atomic E-state index is 6.36. The van der Waals surface area contributed by atoms with Gasteiger partial charge in [-0.1, -0.05) is 78.9 Å². The summed E-state index contributed by atoms with van der Waals surface area (Å²) in [5.74, 6) is 0. The first kappa shape index (κ1) is 28.0. The molecule has 50 heavy (non-hydrogen) atoms. The molecule has 11 rings (SSSR count). The largest absolute Gasteiger partial charge is 0.456 e. The highest BCUT2D eigenvalue weighted by Gasteiger charge is 2.17. The Morgan fingerprint density at radius 1 is 0.340 bits per heavy atom. The van der Waals surface area contributed by atoms with Gasteiger partial charge >= 0.3 is 0 Å². The molecule has 0 amide bonds. The fourth-order valence-corrected chi connectivity index (χ4v) is 9.83. The highest BCUT2D eigenvalue weighted by atomic mass is 32.1. The van der Waals surface area contributed by atoms with Crippen molar-refractivity contribution in [3.8, 4) is 11.1 Å². The Labute approximate surface area is 295 Å². The third-order valence-electron chi connectivity index (χ3n) is 10.0. The molecular weight excluding hydrogens is 647 g/mol. The third-order valence-corrected chi connectivity index (χ3v) is 12.3. The van der Waals surface area contributed by atoms with E-state index in [0.717, 1.165) is 39.0 Å². The molecule has 0 radical (unpaired) electrons. The topological polar surface area (TPSA) is 16.4 Å². The van der Waals surface area contributed by atoms with Crippen LogP contribution < -0.4 is 4.90 Å². The second-order valence-electron chi connectivity index (χ2n) is 12.9. The van der Waals surface area contributed by atoms with Crippen LogP contribution in [-0.4, -0.2) is 0 Å². The smallest absolute Gasteiger partial charge is 0.137 e. The van der Waals surface area contributed by atoms with E-state index in [4.69, 9.17) is 4.42 Å². The standard InChI is InChI=1S/C46H27NOS2/c1-4-10-41-35(7-1)36-21-19-34(27-42(36)48-41)47(33-20-22-45-40(26-33)38-9-3-5-11-43(38)49-45)32-17-15-28(16-18-32)29-13-14-30-25-46-39(24-31(30)23-29)37-8-2-6-12-44(37)50-46/h1-27H. The van der Waals surface area contributed by atoms with Crippen LogP contribution in [0.1, 0.15) is 0 Å². The summed E-state index contributed by atoms with van der Waals surface area (Å²) in [4.78, 5) is 2.35. The van der Waals surface area contributed by atoms with Crippen molar-refractivity contribution in [1.29, 1.82) is 0 Å². The fraction of sp³-hybridized carbons (Fsp3) is 0. The van der Waals surface area contributed by atoms with Gasteiger partial charge in [-0.15, -0.1) is 22.7 Å². The lowest BCUT2D eigenvalue weighted by molar-refractivity contribution is 0.669. The lowest BCUT2D eigenvalue weighted by Crippen LogP contribution is -2.09. The van der Waals surface area contributed by atoms with Crippen molar-refractivity contribution in [1.82, 2.24) is 0 Å². The average molecular weight is 674 g/mol. The Balaban J connectivity index is 1.04. The predicted octanol–water partition coefficient (Wildman–Crippen LogP) is 14.6. The van der Waals surface area contributed by atoms with Gasteiger partial charge in [0.25, 0.3) is 0 Å². The normalized spacial score (nSPS) is 12.0. The summed E-state index contributed by atoms with van der Waals surface area (Å²) < 4.78 is 11.6. The fourth-order valence-electron chi connectivity index (χ4n) is 7.60. The molecule has 8 aromatic carbocycles. The van der Waals surface area contributed by atoms with E-state index >= 15 is 0 Å². The van der Waals surface area contributed by atoms with Gasteiger partial charge in [-0.05, 0) is 101 Å². The van der Waals surface area contributed by atoms with E-state index in [9.17, 15) is 0 Å². The van der Waals surface area contributed by atoms with Gasteiger partial charge in [0.1, 0.15) is 11.2 Å². The molecule has 11 aromatic rings. The molecule has 0 aliphatic carbocycles. The number of furan rings is 1. The quantitative estimate of drug-likeness (QED) is 0.185. The van der Waals surface area contributed by atoms with E-state index in [0.29, 0.717) is 0 Å². The Kier molecular flexibility index (Phi) is 6.03. The summed E-state index contributed by atoms with van der Waals surface area (Å²) in [6.45, 7) is 0. The van der Waals surface area contributed by atoms with Crippen LogP contribution in [0.3, 0.4) is 0 Å². The first-order valence-corrected chi connectivity index (χ1v) is 18.5. The summed E-state index contributed by atoms with van der Waals surface area (Å²) >= 11 is 3.72. The number of hydrogen-bond donors (Lipinski definition) is 0. The molecule has 0 unspecified atom stereocenters. The first-order valence-electron chi connectivity index (χ1n) is 16.8. The Morgan fingerprint density at radius 3 is 1.76 bits per heavy atom. The number of nitrogens with zero attached hydrogens (tertiary/aromatic N) is 1. The van der Waals surface area contributed by atoms with Crippen molar-refractivity contribution in [3.63, 3.8) is 0 Å². The Hall–Kier alpha value is -5.94. The zero-order valence-electron chi connectivity index (χ0n) is 26.8. The minimum Gasteiger partial charge on any atom is -0.456 e. The lowest BCUT2D eigenvalue weighted by Gasteiger charge is -2.26. The van der Waals surface area contributed by atoms with E-state index in [-0.39, 0.29) is 0 Å². The SMILES string of the molecule is c1ccc2c(c1)oc1cc(N(c3ccc(-c4ccc5cc6sc7ccccc7c6cc5c4)cc3)c3ccc4sc5ccccc5c4c3)ccc12. The van der Waals surface area contributed by atoms with Crippen molar-refractivity contribution >= 4 is 113 Å². The Morgan fingerprint density at radius 2 is 0.940 bits per heavy atom. The van der Waals surface area contributed by atoms with Crippen molar-refractivity contribution in [2.45, 2.75) is 0 Å². The van der Waals surface area contributed by atoms with Crippen LogP contribution in [0.5, 0.6) is 0 Å². The van der Waals surface area contributed by atoms with Gasteiger partial charge in [0.05, 0.1) is 0 Å². The maximum Gasteiger partial charge on any atom is 0.137 e. The summed E-state index contributed by atoms with van der Waals surface area (Å²) in [7, 11) is 0. The highest BCUT2D eigenvalue weighted by Crippen LogP contribution is 2.43. The number of fused-ring (bicyclic) bond motifs is 10. The highest BCUT2D eigenvalue weighted by molar-refractivity contribution is 7.26. The molecule has 0 saturated heterocycles. The number of hydrogen-bond acceptors (Lipinski definition) is 4. The van der Waals surface area contributed by atoms with Crippen molar-refractivity contribution in [2.75, 3.05) is 4.90 Å². The molecule has 0 N–H and O–H groups in total. The maximum absolute atomic E-state index is 6.36. The van der Waals surface area contributed by atoms with E-state index in [1.807, 2.05) is 34.8 Å². The third kappa shape index (κ3) is 4.32. The molecule has 0 spiro atoms. The molecule has 0 saturated carbocycles. The molecule has 4 heteroatoms. The van der Waals surface area contributed by atoms with Gasteiger partial charge < -0.3 is 9.32 Å². The summed E-state index contributed by atoms with van der Waals surface area (Å²) in [5, 5.41) is 10.0.